The normalized spacial score (nSPS) is 15.3. The van der Waals surface area contributed by atoms with Gasteiger partial charge in [-0.15, -0.1) is 0 Å². The maximum Gasteiger partial charge on any atom is 0.228 e. The van der Waals surface area contributed by atoms with Crippen molar-refractivity contribution in [3.8, 4) is 0 Å². The van der Waals surface area contributed by atoms with Gasteiger partial charge in [-0.1, -0.05) is 12.1 Å². The van der Waals surface area contributed by atoms with Crippen LogP contribution >= 0.6 is 0 Å². The summed E-state index contributed by atoms with van der Waals surface area (Å²) in [5.41, 5.74) is 3.29. The Morgan fingerprint density at radius 3 is 2.94 bits per heavy atom. The van der Waals surface area contributed by atoms with Crippen LogP contribution < -0.4 is 5.32 Å². The average Bonchev–Trinajstić information content (AvgIpc) is 2.91. The zero-order valence-corrected chi connectivity index (χ0v) is 9.93. The molecule has 1 aromatic heterocycles. The number of benzene rings is 1. The molecule has 1 aliphatic heterocycles. The number of amides is 1. The van der Waals surface area contributed by atoms with Crippen LogP contribution in [-0.4, -0.2) is 11.0 Å². The number of anilines is 1. The quantitative estimate of drug-likeness (QED) is 0.849. The standard InChI is InChI=1S/C14H13NO3/c1-8-11(4-5-18-8)14(17)9-2-3-12-10(6-9)7-13(16)15-12/h2-6,14,17H,7H2,1H3,(H,15,16). The van der Waals surface area contributed by atoms with Crippen molar-refractivity contribution in [2.45, 2.75) is 19.4 Å². The van der Waals surface area contributed by atoms with Crippen LogP contribution in [0, 0.1) is 6.92 Å². The van der Waals surface area contributed by atoms with Gasteiger partial charge in [-0.2, -0.15) is 0 Å². The summed E-state index contributed by atoms with van der Waals surface area (Å²) in [5, 5.41) is 13.1. The molecule has 1 aliphatic rings. The summed E-state index contributed by atoms with van der Waals surface area (Å²) >= 11 is 0. The molecule has 0 aliphatic carbocycles. The largest absolute Gasteiger partial charge is 0.469 e. The van der Waals surface area contributed by atoms with Crippen molar-refractivity contribution < 1.29 is 14.3 Å². The van der Waals surface area contributed by atoms with Crippen LogP contribution in [0.5, 0.6) is 0 Å². The van der Waals surface area contributed by atoms with Crippen molar-refractivity contribution in [3.05, 3.63) is 53.0 Å². The second kappa shape index (κ2) is 3.99. The van der Waals surface area contributed by atoms with E-state index in [-0.39, 0.29) is 5.91 Å². The first-order chi connectivity index (χ1) is 8.65. The van der Waals surface area contributed by atoms with Crippen LogP contribution in [0.4, 0.5) is 5.69 Å². The lowest BCUT2D eigenvalue weighted by Gasteiger charge is -2.11. The zero-order chi connectivity index (χ0) is 12.7. The molecule has 1 amide bonds. The molecule has 3 rings (SSSR count). The number of aliphatic hydroxyl groups is 1. The zero-order valence-electron chi connectivity index (χ0n) is 9.93. The van der Waals surface area contributed by atoms with Crippen molar-refractivity contribution in [1.82, 2.24) is 0 Å². The summed E-state index contributed by atoms with van der Waals surface area (Å²) in [7, 11) is 0. The highest BCUT2D eigenvalue weighted by molar-refractivity contribution is 5.99. The fraction of sp³-hybridized carbons (Fsp3) is 0.214. The number of rotatable bonds is 2. The van der Waals surface area contributed by atoms with Gasteiger partial charge in [-0.05, 0) is 30.2 Å². The minimum atomic E-state index is -0.718. The Labute approximate surface area is 104 Å². The maximum atomic E-state index is 11.3. The molecular weight excluding hydrogens is 230 g/mol. The Balaban J connectivity index is 1.97. The summed E-state index contributed by atoms with van der Waals surface area (Å²) in [6.45, 7) is 1.82. The first-order valence-electron chi connectivity index (χ1n) is 5.80. The van der Waals surface area contributed by atoms with E-state index < -0.39 is 6.10 Å². The Hall–Kier alpha value is -2.07. The summed E-state index contributed by atoms with van der Waals surface area (Å²) in [6, 6.07) is 7.27. The van der Waals surface area contributed by atoms with E-state index in [0.717, 1.165) is 22.4 Å². The van der Waals surface area contributed by atoms with Gasteiger partial charge in [-0.3, -0.25) is 4.79 Å². The molecule has 0 fully saturated rings. The van der Waals surface area contributed by atoms with Gasteiger partial charge in [0.15, 0.2) is 0 Å². The lowest BCUT2D eigenvalue weighted by atomic mass is 9.99. The van der Waals surface area contributed by atoms with E-state index in [0.29, 0.717) is 12.2 Å². The summed E-state index contributed by atoms with van der Waals surface area (Å²) in [5.74, 6) is 0.702. The number of fused-ring (bicyclic) bond motifs is 1. The van der Waals surface area contributed by atoms with Gasteiger partial charge in [0.05, 0.1) is 12.7 Å². The first-order valence-corrected chi connectivity index (χ1v) is 5.80. The molecule has 0 bridgehead atoms. The second-order valence-corrected chi connectivity index (χ2v) is 4.48. The molecular formula is C14H13NO3. The van der Waals surface area contributed by atoms with Crippen molar-refractivity contribution >= 4 is 11.6 Å². The van der Waals surface area contributed by atoms with Gasteiger partial charge >= 0.3 is 0 Å². The van der Waals surface area contributed by atoms with E-state index in [1.165, 1.54) is 0 Å². The summed E-state index contributed by atoms with van der Waals surface area (Å²) in [6.07, 6.45) is 1.22. The highest BCUT2D eigenvalue weighted by atomic mass is 16.3. The molecule has 0 spiro atoms. The van der Waals surface area contributed by atoms with Gasteiger partial charge in [-0.25, -0.2) is 0 Å². The Kier molecular flexibility index (Phi) is 2.45. The molecule has 0 radical (unpaired) electrons. The fourth-order valence-electron chi connectivity index (χ4n) is 2.28. The molecule has 92 valence electrons. The summed E-state index contributed by atoms with van der Waals surface area (Å²) < 4.78 is 5.19. The van der Waals surface area contributed by atoms with Crippen molar-refractivity contribution in [2.75, 3.05) is 5.32 Å². The third-order valence-electron chi connectivity index (χ3n) is 3.26. The monoisotopic (exact) mass is 243 g/mol. The third-order valence-corrected chi connectivity index (χ3v) is 3.26. The van der Waals surface area contributed by atoms with Crippen molar-refractivity contribution in [1.29, 1.82) is 0 Å². The van der Waals surface area contributed by atoms with Crippen molar-refractivity contribution in [3.63, 3.8) is 0 Å². The Bertz CT molecular complexity index is 615. The SMILES string of the molecule is Cc1occc1C(O)c1ccc2c(c1)CC(=O)N2. The van der Waals surface area contributed by atoms with E-state index in [9.17, 15) is 9.90 Å². The maximum absolute atomic E-state index is 11.3. The predicted molar refractivity (Wildman–Crippen MR) is 66.3 cm³/mol. The van der Waals surface area contributed by atoms with Crippen LogP contribution in [0.1, 0.15) is 28.6 Å². The van der Waals surface area contributed by atoms with Crippen LogP contribution in [0.25, 0.3) is 0 Å². The Morgan fingerprint density at radius 1 is 1.39 bits per heavy atom. The second-order valence-electron chi connectivity index (χ2n) is 4.48. The smallest absolute Gasteiger partial charge is 0.228 e. The van der Waals surface area contributed by atoms with E-state index in [1.54, 1.807) is 12.3 Å². The number of furan rings is 1. The van der Waals surface area contributed by atoms with E-state index >= 15 is 0 Å². The number of nitrogens with one attached hydrogen (secondary N) is 1. The number of hydrogen-bond donors (Lipinski definition) is 2. The lowest BCUT2D eigenvalue weighted by molar-refractivity contribution is -0.115. The van der Waals surface area contributed by atoms with Crippen LogP contribution in [0.15, 0.2) is 34.9 Å². The third kappa shape index (κ3) is 1.71. The number of aliphatic hydroxyl groups excluding tert-OH is 1. The lowest BCUT2D eigenvalue weighted by Crippen LogP contribution is -2.03. The highest BCUT2D eigenvalue weighted by Crippen LogP contribution is 2.30. The average molecular weight is 243 g/mol. The molecule has 2 aromatic rings. The van der Waals surface area contributed by atoms with E-state index in [2.05, 4.69) is 5.32 Å². The minimum absolute atomic E-state index is 0.00358. The van der Waals surface area contributed by atoms with Gasteiger partial charge in [0.25, 0.3) is 0 Å². The van der Waals surface area contributed by atoms with E-state index in [1.807, 2.05) is 25.1 Å². The number of hydrogen-bond acceptors (Lipinski definition) is 3. The molecule has 0 saturated heterocycles. The first kappa shape index (κ1) is 11.0. The molecule has 2 N–H and O–H groups in total. The molecule has 4 nitrogen and oxygen atoms in total. The van der Waals surface area contributed by atoms with Gasteiger partial charge in [0, 0.05) is 11.3 Å². The number of carbonyl (C=O) groups excluding carboxylic acids is 1. The van der Waals surface area contributed by atoms with Gasteiger partial charge in [0.1, 0.15) is 11.9 Å². The Morgan fingerprint density at radius 2 is 2.22 bits per heavy atom. The topological polar surface area (TPSA) is 62.5 Å². The minimum Gasteiger partial charge on any atom is -0.469 e. The molecule has 2 heterocycles. The molecule has 18 heavy (non-hydrogen) atoms. The molecule has 1 unspecified atom stereocenters. The van der Waals surface area contributed by atoms with Crippen LogP contribution in [0.2, 0.25) is 0 Å². The van der Waals surface area contributed by atoms with Gasteiger partial charge in [0.2, 0.25) is 5.91 Å². The summed E-state index contributed by atoms with van der Waals surface area (Å²) in [4.78, 5) is 11.3. The molecule has 1 aromatic carbocycles. The van der Waals surface area contributed by atoms with Crippen LogP contribution in [0.3, 0.4) is 0 Å². The predicted octanol–water partition coefficient (Wildman–Crippen LogP) is 2.16. The number of aryl methyl sites for hydroxylation is 1. The molecule has 1 atom stereocenters. The highest BCUT2D eigenvalue weighted by Gasteiger charge is 2.21. The van der Waals surface area contributed by atoms with Crippen LogP contribution in [-0.2, 0) is 11.2 Å². The molecule has 4 heteroatoms. The fourth-order valence-corrected chi connectivity index (χ4v) is 2.28. The van der Waals surface area contributed by atoms with E-state index in [4.69, 9.17) is 4.42 Å². The number of carbonyl (C=O) groups is 1. The molecule has 0 saturated carbocycles. The van der Waals surface area contributed by atoms with Crippen molar-refractivity contribution in [2.24, 2.45) is 0 Å². The van der Waals surface area contributed by atoms with Gasteiger partial charge < -0.3 is 14.8 Å².